The Balaban J connectivity index is 1.45. The molecule has 1 aliphatic heterocycles. The molecule has 0 radical (unpaired) electrons. The summed E-state index contributed by atoms with van der Waals surface area (Å²) in [5.41, 5.74) is 3.70. The molecule has 8 nitrogen and oxygen atoms in total. The van der Waals surface area contributed by atoms with Gasteiger partial charge in [0, 0.05) is 38.1 Å². The van der Waals surface area contributed by atoms with E-state index in [1.165, 1.54) is 10.3 Å². The Kier molecular flexibility index (Phi) is 8.44. The summed E-state index contributed by atoms with van der Waals surface area (Å²) in [6, 6.07) is 8.33. The summed E-state index contributed by atoms with van der Waals surface area (Å²) >= 11 is 1.73. The summed E-state index contributed by atoms with van der Waals surface area (Å²) in [7, 11) is 0. The van der Waals surface area contributed by atoms with E-state index in [1.54, 1.807) is 23.2 Å². The highest BCUT2D eigenvalue weighted by atomic mass is 32.1. The molecule has 1 saturated heterocycles. The molecular formula is C28H36N4O4S. The number of fused-ring (bicyclic) bond motifs is 1. The maximum Gasteiger partial charge on any atom is 0.410 e. The number of hydrogen-bond donors (Lipinski definition) is 0. The Morgan fingerprint density at radius 3 is 2.59 bits per heavy atom. The van der Waals surface area contributed by atoms with Crippen molar-refractivity contribution in [3.8, 4) is 10.6 Å². The van der Waals surface area contributed by atoms with Crippen LogP contribution in [0.5, 0.6) is 0 Å². The third-order valence-electron chi connectivity index (χ3n) is 6.14. The molecule has 9 heteroatoms. The molecule has 0 unspecified atom stereocenters. The number of likely N-dealkylation sites (tertiary alicyclic amines) is 1. The second-order valence-electron chi connectivity index (χ2n) is 10.3. The maximum atomic E-state index is 12.4. The Bertz CT molecular complexity index is 1230. The van der Waals surface area contributed by atoms with E-state index in [9.17, 15) is 9.59 Å². The molecule has 0 spiro atoms. The van der Waals surface area contributed by atoms with E-state index in [2.05, 4.69) is 35.0 Å². The monoisotopic (exact) mass is 524 g/mol. The SMILES string of the molecule is CCCc1ccnc2cc(-c3ccc(CN(CC(=O)OCC)C4CN(C(=O)OC(C)(C)C)C4)cn3)sc12. The lowest BCUT2D eigenvalue weighted by atomic mass is 10.1. The first-order valence-electron chi connectivity index (χ1n) is 12.9. The van der Waals surface area contributed by atoms with Gasteiger partial charge in [-0.2, -0.15) is 0 Å². The van der Waals surface area contributed by atoms with Gasteiger partial charge >= 0.3 is 12.1 Å². The van der Waals surface area contributed by atoms with Crippen molar-refractivity contribution in [2.75, 3.05) is 26.2 Å². The molecule has 3 aromatic heterocycles. The predicted molar refractivity (Wildman–Crippen MR) is 145 cm³/mol. The number of carbonyl (C=O) groups is 2. The van der Waals surface area contributed by atoms with Crippen LogP contribution < -0.4 is 0 Å². The zero-order valence-corrected chi connectivity index (χ0v) is 23.1. The number of hydrogen-bond acceptors (Lipinski definition) is 8. The molecule has 4 rings (SSSR count). The van der Waals surface area contributed by atoms with Crippen LogP contribution in [0.25, 0.3) is 20.8 Å². The van der Waals surface area contributed by atoms with E-state index in [0.29, 0.717) is 26.2 Å². The minimum Gasteiger partial charge on any atom is -0.465 e. The standard InChI is InChI=1S/C28H36N4O4S/c1-6-8-20-11-12-29-23-13-24(37-26(20)23)22-10-9-19(14-30-22)15-31(18-25(33)35-7-2)21-16-32(17-21)27(34)36-28(3,4)5/h9-14,21H,6-8,15-18H2,1-5H3. The van der Waals surface area contributed by atoms with Crippen molar-refractivity contribution in [2.24, 2.45) is 0 Å². The van der Waals surface area contributed by atoms with Crippen molar-refractivity contribution in [3.05, 3.63) is 47.8 Å². The van der Waals surface area contributed by atoms with Gasteiger partial charge < -0.3 is 14.4 Å². The average molecular weight is 525 g/mol. The molecule has 1 amide bonds. The fraction of sp³-hybridized carbons (Fsp3) is 0.500. The molecule has 1 aliphatic rings. The maximum absolute atomic E-state index is 12.4. The van der Waals surface area contributed by atoms with Gasteiger partial charge in [0.2, 0.25) is 0 Å². The molecule has 0 saturated carbocycles. The summed E-state index contributed by atoms with van der Waals surface area (Å²) in [5.74, 6) is -0.275. The van der Waals surface area contributed by atoms with Gasteiger partial charge in [-0.1, -0.05) is 19.4 Å². The van der Waals surface area contributed by atoms with Crippen LogP contribution >= 0.6 is 11.3 Å². The molecule has 0 aliphatic carbocycles. The third kappa shape index (κ3) is 6.84. The minimum absolute atomic E-state index is 0.0438. The lowest BCUT2D eigenvalue weighted by Crippen LogP contribution is -2.62. The predicted octanol–water partition coefficient (Wildman–Crippen LogP) is 5.30. The van der Waals surface area contributed by atoms with Crippen molar-refractivity contribution in [1.82, 2.24) is 19.8 Å². The van der Waals surface area contributed by atoms with Gasteiger partial charge in [0.15, 0.2) is 0 Å². The highest BCUT2D eigenvalue weighted by Gasteiger charge is 2.38. The largest absolute Gasteiger partial charge is 0.465 e. The van der Waals surface area contributed by atoms with Crippen LogP contribution in [-0.4, -0.2) is 69.7 Å². The quantitative estimate of drug-likeness (QED) is 0.351. The molecule has 37 heavy (non-hydrogen) atoms. The highest BCUT2D eigenvalue weighted by Crippen LogP contribution is 2.34. The lowest BCUT2D eigenvalue weighted by molar-refractivity contribution is -0.146. The molecule has 4 heterocycles. The fourth-order valence-corrected chi connectivity index (χ4v) is 5.46. The first kappa shape index (κ1) is 27.0. The summed E-state index contributed by atoms with van der Waals surface area (Å²) in [6.07, 6.45) is 5.54. The second-order valence-corrected chi connectivity index (χ2v) is 11.4. The summed E-state index contributed by atoms with van der Waals surface area (Å²) < 4.78 is 11.9. The number of aromatic nitrogens is 2. The van der Waals surface area contributed by atoms with E-state index in [-0.39, 0.29) is 24.6 Å². The van der Waals surface area contributed by atoms with Crippen LogP contribution in [0.3, 0.4) is 0 Å². The van der Waals surface area contributed by atoms with Crippen molar-refractivity contribution >= 4 is 33.6 Å². The molecular weight excluding hydrogens is 488 g/mol. The number of carbonyl (C=O) groups excluding carboxylic acids is 2. The Morgan fingerprint density at radius 2 is 1.95 bits per heavy atom. The number of aryl methyl sites for hydroxylation is 1. The van der Waals surface area contributed by atoms with Gasteiger partial charge in [-0.3, -0.25) is 19.7 Å². The Labute approximate surface area is 222 Å². The lowest BCUT2D eigenvalue weighted by Gasteiger charge is -2.45. The zero-order chi connectivity index (χ0) is 26.6. The van der Waals surface area contributed by atoms with E-state index in [4.69, 9.17) is 14.5 Å². The van der Waals surface area contributed by atoms with E-state index < -0.39 is 5.60 Å². The molecule has 0 aromatic carbocycles. The summed E-state index contributed by atoms with van der Waals surface area (Å²) in [4.78, 5) is 38.7. The van der Waals surface area contributed by atoms with Gasteiger partial charge in [0.1, 0.15) is 5.60 Å². The van der Waals surface area contributed by atoms with Gasteiger partial charge in [-0.05, 0) is 63.4 Å². The van der Waals surface area contributed by atoms with Crippen LogP contribution in [0.2, 0.25) is 0 Å². The van der Waals surface area contributed by atoms with Crippen molar-refractivity contribution < 1.29 is 19.1 Å². The third-order valence-corrected chi connectivity index (χ3v) is 7.37. The topological polar surface area (TPSA) is 84.9 Å². The second kappa shape index (κ2) is 11.6. The number of amides is 1. The van der Waals surface area contributed by atoms with Gasteiger partial charge in [0.05, 0.1) is 33.9 Å². The Hall–Kier alpha value is -3.04. The van der Waals surface area contributed by atoms with Gasteiger partial charge in [-0.25, -0.2) is 4.79 Å². The molecule has 198 valence electrons. The van der Waals surface area contributed by atoms with Crippen LogP contribution in [-0.2, 0) is 27.2 Å². The normalized spacial score (nSPS) is 14.2. The van der Waals surface area contributed by atoms with Crippen molar-refractivity contribution in [1.29, 1.82) is 0 Å². The van der Waals surface area contributed by atoms with Crippen molar-refractivity contribution in [3.63, 3.8) is 0 Å². The summed E-state index contributed by atoms with van der Waals surface area (Å²) in [6.45, 7) is 11.6. The van der Waals surface area contributed by atoms with Crippen LogP contribution in [0.4, 0.5) is 4.79 Å². The van der Waals surface area contributed by atoms with Crippen LogP contribution in [0, 0.1) is 0 Å². The van der Waals surface area contributed by atoms with Gasteiger partial charge in [-0.15, -0.1) is 11.3 Å². The van der Waals surface area contributed by atoms with E-state index in [1.807, 2.05) is 39.2 Å². The smallest absolute Gasteiger partial charge is 0.410 e. The first-order valence-corrected chi connectivity index (χ1v) is 13.7. The molecule has 0 atom stereocenters. The van der Waals surface area contributed by atoms with Crippen molar-refractivity contribution in [2.45, 2.75) is 65.6 Å². The number of rotatable bonds is 9. The molecule has 3 aromatic rings. The number of thiophene rings is 1. The van der Waals surface area contributed by atoms with E-state index in [0.717, 1.165) is 34.5 Å². The van der Waals surface area contributed by atoms with Crippen LogP contribution in [0.15, 0.2) is 36.7 Å². The number of pyridine rings is 2. The number of esters is 1. The summed E-state index contributed by atoms with van der Waals surface area (Å²) in [5, 5.41) is 0. The number of ether oxygens (including phenoxy) is 2. The zero-order valence-electron chi connectivity index (χ0n) is 22.3. The Morgan fingerprint density at radius 1 is 1.16 bits per heavy atom. The molecule has 0 bridgehead atoms. The minimum atomic E-state index is -0.539. The fourth-order valence-electron chi connectivity index (χ4n) is 4.33. The first-order chi connectivity index (χ1) is 17.7. The van der Waals surface area contributed by atoms with Crippen LogP contribution in [0.1, 0.15) is 52.2 Å². The molecule has 1 fully saturated rings. The van der Waals surface area contributed by atoms with E-state index >= 15 is 0 Å². The van der Waals surface area contributed by atoms with Gasteiger partial charge in [0.25, 0.3) is 0 Å². The average Bonchev–Trinajstić information content (AvgIpc) is 3.23. The number of nitrogens with zero attached hydrogens (tertiary/aromatic N) is 4. The highest BCUT2D eigenvalue weighted by molar-refractivity contribution is 7.22. The molecule has 0 N–H and O–H groups in total.